The lowest BCUT2D eigenvalue weighted by atomic mass is 10.1. The van der Waals surface area contributed by atoms with E-state index in [0.717, 1.165) is 22.6 Å². The molecular formula is C24H20N2O3. The highest BCUT2D eigenvalue weighted by Gasteiger charge is 2.10. The third-order valence-corrected chi connectivity index (χ3v) is 4.20. The predicted molar refractivity (Wildman–Crippen MR) is 111 cm³/mol. The maximum absolute atomic E-state index is 6.03. The monoisotopic (exact) mass is 384 g/mol. The molecule has 2 aromatic carbocycles. The van der Waals surface area contributed by atoms with Gasteiger partial charge in [-0.25, -0.2) is 4.98 Å². The predicted octanol–water partition coefficient (Wildman–Crippen LogP) is 6.47. The third kappa shape index (κ3) is 4.71. The Morgan fingerprint density at radius 3 is 1.97 bits per heavy atom. The molecular weight excluding hydrogens is 364 g/mol. The zero-order chi connectivity index (χ0) is 20.1. The Morgan fingerprint density at radius 1 is 0.586 bits per heavy atom. The van der Waals surface area contributed by atoms with Crippen LogP contribution in [0.15, 0.2) is 85.1 Å². The SMILES string of the molecule is Cc1cc(C)c(Oc2cccc(Oc3ccccn3)n2)cc1Oc1ccccc1. The number of ether oxygens (including phenoxy) is 3. The van der Waals surface area contributed by atoms with Crippen molar-refractivity contribution in [3.05, 3.63) is 96.2 Å². The first-order valence-corrected chi connectivity index (χ1v) is 9.25. The minimum Gasteiger partial charge on any atom is -0.457 e. The molecule has 0 bridgehead atoms. The van der Waals surface area contributed by atoms with Gasteiger partial charge in [0.15, 0.2) is 0 Å². The molecule has 0 saturated heterocycles. The molecule has 0 unspecified atom stereocenters. The summed E-state index contributed by atoms with van der Waals surface area (Å²) in [6.07, 6.45) is 1.67. The van der Waals surface area contributed by atoms with E-state index in [2.05, 4.69) is 9.97 Å². The van der Waals surface area contributed by atoms with Gasteiger partial charge in [-0.05, 0) is 49.2 Å². The van der Waals surface area contributed by atoms with Gasteiger partial charge in [-0.1, -0.05) is 30.3 Å². The maximum Gasteiger partial charge on any atom is 0.224 e. The molecule has 4 rings (SSSR count). The largest absolute Gasteiger partial charge is 0.457 e. The van der Waals surface area contributed by atoms with Crippen molar-refractivity contribution in [3.8, 4) is 34.9 Å². The standard InChI is InChI=1S/C24H20N2O3/c1-17-15-18(2)21(16-20(17)27-19-9-4-3-5-10-19)28-23-12-8-13-24(26-23)29-22-11-6-7-14-25-22/h3-16H,1-2H3. The molecule has 4 aromatic rings. The number of hydrogen-bond donors (Lipinski definition) is 0. The van der Waals surface area contributed by atoms with Crippen molar-refractivity contribution in [1.82, 2.24) is 9.97 Å². The number of para-hydroxylation sites is 1. The van der Waals surface area contributed by atoms with Gasteiger partial charge in [-0.15, -0.1) is 0 Å². The molecule has 29 heavy (non-hydrogen) atoms. The minimum absolute atomic E-state index is 0.409. The van der Waals surface area contributed by atoms with Crippen LogP contribution in [0.2, 0.25) is 0 Å². The summed E-state index contributed by atoms with van der Waals surface area (Å²) in [5.41, 5.74) is 2.01. The quantitative estimate of drug-likeness (QED) is 0.381. The summed E-state index contributed by atoms with van der Waals surface area (Å²) in [5.74, 6) is 3.49. The van der Waals surface area contributed by atoms with E-state index in [4.69, 9.17) is 14.2 Å². The molecule has 0 amide bonds. The van der Waals surface area contributed by atoms with Gasteiger partial charge >= 0.3 is 0 Å². The highest BCUT2D eigenvalue weighted by molar-refractivity contribution is 5.48. The smallest absolute Gasteiger partial charge is 0.224 e. The number of aryl methyl sites for hydroxylation is 2. The molecule has 0 saturated carbocycles. The second-order valence-electron chi connectivity index (χ2n) is 6.48. The van der Waals surface area contributed by atoms with E-state index in [-0.39, 0.29) is 0 Å². The lowest BCUT2D eigenvalue weighted by Gasteiger charge is -2.14. The number of rotatable bonds is 6. The van der Waals surface area contributed by atoms with Crippen molar-refractivity contribution in [2.45, 2.75) is 13.8 Å². The van der Waals surface area contributed by atoms with Gasteiger partial charge in [0.05, 0.1) is 0 Å². The van der Waals surface area contributed by atoms with Crippen LogP contribution in [-0.4, -0.2) is 9.97 Å². The van der Waals surface area contributed by atoms with E-state index in [0.29, 0.717) is 23.4 Å². The van der Waals surface area contributed by atoms with Crippen LogP contribution < -0.4 is 14.2 Å². The molecule has 0 aliphatic carbocycles. The fourth-order valence-electron chi connectivity index (χ4n) is 2.79. The number of pyridine rings is 2. The van der Waals surface area contributed by atoms with Crippen molar-refractivity contribution in [3.63, 3.8) is 0 Å². The van der Waals surface area contributed by atoms with Crippen molar-refractivity contribution < 1.29 is 14.2 Å². The molecule has 5 heteroatoms. The van der Waals surface area contributed by atoms with Gasteiger partial charge in [0, 0.05) is 30.5 Å². The number of hydrogen-bond acceptors (Lipinski definition) is 5. The van der Waals surface area contributed by atoms with Gasteiger partial charge in [0.25, 0.3) is 0 Å². The highest BCUT2D eigenvalue weighted by Crippen LogP contribution is 2.34. The van der Waals surface area contributed by atoms with Gasteiger partial charge in [-0.3, -0.25) is 0 Å². The molecule has 5 nitrogen and oxygen atoms in total. The Hall–Kier alpha value is -3.86. The third-order valence-electron chi connectivity index (χ3n) is 4.20. The van der Waals surface area contributed by atoms with Gasteiger partial charge in [-0.2, -0.15) is 4.98 Å². The molecule has 0 aliphatic heterocycles. The molecule has 0 atom stereocenters. The molecule has 0 spiro atoms. The average Bonchev–Trinajstić information content (AvgIpc) is 2.73. The maximum atomic E-state index is 6.03. The lowest BCUT2D eigenvalue weighted by molar-refractivity contribution is 0.413. The van der Waals surface area contributed by atoms with Crippen LogP contribution in [0.4, 0.5) is 0 Å². The van der Waals surface area contributed by atoms with Crippen molar-refractivity contribution >= 4 is 0 Å². The van der Waals surface area contributed by atoms with E-state index in [1.807, 2.05) is 74.5 Å². The summed E-state index contributed by atoms with van der Waals surface area (Å²) in [7, 11) is 0. The Kier molecular flexibility index (Phi) is 5.38. The molecule has 144 valence electrons. The lowest BCUT2D eigenvalue weighted by Crippen LogP contribution is -1.95. The van der Waals surface area contributed by atoms with Crippen molar-refractivity contribution in [1.29, 1.82) is 0 Å². The normalized spacial score (nSPS) is 10.4. The molecule has 0 fully saturated rings. The number of benzene rings is 2. The van der Waals surface area contributed by atoms with E-state index in [1.165, 1.54) is 0 Å². The zero-order valence-electron chi connectivity index (χ0n) is 16.2. The van der Waals surface area contributed by atoms with E-state index < -0.39 is 0 Å². The van der Waals surface area contributed by atoms with Crippen LogP contribution in [0, 0.1) is 13.8 Å². The molecule has 2 aromatic heterocycles. The van der Waals surface area contributed by atoms with Gasteiger partial charge in [0.1, 0.15) is 17.2 Å². The first kappa shape index (κ1) is 18.5. The first-order valence-electron chi connectivity index (χ1n) is 9.25. The Labute approximate surface area is 169 Å². The van der Waals surface area contributed by atoms with E-state index >= 15 is 0 Å². The Balaban J connectivity index is 1.56. The van der Waals surface area contributed by atoms with Crippen LogP contribution in [-0.2, 0) is 0 Å². The number of aromatic nitrogens is 2. The van der Waals surface area contributed by atoms with Crippen LogP contribution in [0.3, 0.4) is 0 Å². The molecule has 0 aliphatic rings. The van der Waals surface area contributed by atoms with Crippen molar-refractivity contribution in [2.24, 2.45) is 0 Å². The van der Waals surface area contributed by atoms with E-state index in [9.17, 15) is 0 Å². The molecule has 0 radical (unpaired) electrons. The minimum atomic E-state index is 0.409. The fourth-order valence-corrected chi connectivity index (χ4v) is 2.79. The van der Waals surface area contributed by atoms with Crippen LogP contribution in [0.25, 0.3) is 0 Å². The topological polar surface area (TPSA) is 53.5 Å². The summed E-state index contributed by atoms with van der Waals surface area (Å²) < 4.78 is 17.7. The zero-order valence-corrected chi connectivity index (χ0v) is 16.2. The second kappa shape index (κ2) is 8.44. The first-order chi connectivity index (χ1) is 14.2. The average molecular weight is 384 g/mol. The second-order valence-corrected chi connectivity index (χ2v) is 6.48. The van der Waals surface area contributed by atoms with Gasteiger partial charge in [0.2, 0.25) is 17.6 Å². The molecule has 2 heterocycles. The summed E-state index contributed by atoms with van der Waals surface area (Å²) in [5, 5.41) is 0. The Morgan fingerprint density at radius 2 is 1.24 bits per heavy atom. The summed E-state index contributed by atoms with van der Waals surface area (Å²) >= 11 is 0. The van der Waals surface area contributed by atoms with Crippen LogP contribution in [0.1, 0.15) is 11.1 Å². The Bertz CT molecular complexity index is 1100. The summed E-state index contributed by atoms with van der Waals surface area (Å²) in [4.78, 5) is 8.56. The van der Waals surface area contributed by atoms with E-state index in [1.54, 1.807) is 24.4 Å². The molecule has 0 N–H and O–H groups in total. The fraction of sp³-hybridized carbons (Fsp3) is 0.0833. The summed E-state index contributed by atoms with van der Waals surface area (Å²) in [6.45, 7) is 4.00. The van der Waals surface area contributed by atoms with Crippen LogP contribution >= 0.6 is 0 Å². The number of nitrogens with zero attached hydrogens (tertiary/aromatic N) is 2. The summed E-state index contributed by atoms with van der Waals surface area (Å²) in [6, 6.07) is 24.4. The van der Waals surface area contributed by atoms with Crippen molar-refractivity contribution in [2.75, 3.05) is 0 Å². The van der Waals surface area contributed by atoms with Crippen LogP contribution in [0.5, 0.6) is 34.9 Å². The van der Waals surface area contributed by atoms with Gasteiger partial charge < -0.3 is 14.2 Å². The highest BCUT2D eigenvalue weighted by atomic mass is 16.5.